The molecular weight excluding hydrogens is 293 g/mol. The average Bonchev–Trinajstić information content (AvgIpc) is 2.32. The zero-order valence-electron chi connectivity index (χ0n) is 10.5. The topological polar surface area (TPSA) is 32.3 Å². The summed E-state index contributed by atoms with van der Waals surface area (Å²) in [6, 6.07) is 3.44. The highest BCUT2D eigenvalue weighted by molar-refractivity contribution is 6.44. The third-order valence-corrected chi connectivity index (χ3v) is 3.88. The number of hydrogen-bond acceptors (Lipinski definition) is 2. The van der Waals surface area contributed by atoms with E-state index in [9.17, 15) is 5.11 Å². The van der Waals surface area contributed by atoms with Crippen molar-refractivity contribution in [3.05, 3.63) is 32.8 Å². The molecule has 1 atom stereocenters. The van der Waals surface area contributed by atoms with Crippen LogP contribution in [0.2, 0.25) is 15.1 Å². The molecule has 0 aliphatic carbocycles. The van der Waals surface area contributed by atoms with E-state index in [2.05, 4.69) is 19.2 Å². The average molecular weight is 311 g/mol. The maximum Gasteiger partial charge on any atom is 0.0652 e. The van der Waals surface area contributed by atoms with Crippen LogP contribution in [0.1, 0.15) is 25.8 Å². The minimum Gasteiger partial charge on any atom is -0.395 e. The first kappa shape index (κ1) is 16.1. The van der Waals surface area contributed by atoms with Crippen molar-refractivity contribution in [3.63, 3.8) is 0 Å². The summed E-state index contributed by atoms with van der Waals surface area (Å²) in [4.78, 5) is 0. The SMILES string of the molecule is CC(C)CC(CO)NCc1c(Cl)ccc(Cl)c1Cl. The van der Waals surface area contributed by atoms with Crippen LogP contribution in [0.4, 0.5) is 0 Å². The highest BCUT2D eigenvalue weighted by atomic mass is 35.5. The summed E-state index contributed by atoms with van der Waals surface area (Å²) in [5.74, 6) is 0.514. The molecule has 1 unspecified atom stereocenters. The minimum absolute atomic E-state index is 0.0381. The molecule has 0 heterocycles. The van der Waals surface area contributed by atoms with Crippen molar-refractivity contribution < 1.29 is 5.11 Å². The Morgan fingerprint density at radius 3 is 2.33 bits per heavy atom. The van der Waals surface area contributed by atoms with E-state index in [1.807, 2.05) is 0 Å². The Morgan fingerprint density at radius 1 is 1.17 bits per heavy atom. The van der Waals surface area contributed by atoms with Gasteiger partial charge in [0.2, 0.25) is 0 Å². The van der Waals surface area contributed by atoms with Gasteiger partial charge in [-0.2, -0.15) is 0 Å². The van der Waals surface area contributed by atoms with E-state index < -0.39 is 0 Å². The van der Waals surface area contributed by atoms with Crippen molar-refractivity contribution in [2.45, 2.75) is 32.9 Å². The molecule has 0 aromatic heterocycles. The van der Waals surface area contributed by atoms with Gasteiger partial charge in [-0.15, -0.1) is 0 Å². The van der Waals surface area contributed by atoms with Gasteiger partial charge in [0.15, 0.2) is 0 Å². The van der Waals surface area contributed by atoms with Crippen LogP contribution in [-0.2, 0) is 6.54 Å². The predicted molar refractivity (Wildman–Crippen MR) is 78.6 cm³/mol. The maximum atomic E-state index is 9.29. The van der Waals surface area contributed by atoms with Crippen LogP contribution in [0.3, 0.4) is 0 Å². The lowest BCUT2D eigenvalue weighted by Gasteiger charge is -2.19. The molecule has 0 spiro atoms. The third-order valence-electron chi connectivity index (χ3n) is 2.68. The van der Waals surface area contributed by atoms with Gasteiger partial charge in [0.1, 0.15) is 0 Å². The van der Waals surface area contributed by atoms with E-state index in [1.165, 1.54) is 0 Å². The normalized spacial score (nSPS) is 13.1. The summed E-state index contributed by atoms with van der Waals surface area (Å²) in [7, 11) is 0. The monoisotopic (exact) mass is 309 g/mol. The molecule has 1 aromatic rings. The van der Waals surface area contributed by atoms with E-state index in [0.29, 0.717) is 27.5 Å². The lowest BCUT2D eigenvalue weighted by atomic mass is 10.0. The Balaban J connectivity index is 2.70. The van der Waals surface area contributed by atoms with Crippen LogP contribution in [0.15, 0.2) is 12.1 Å². The van der Waals surface area contributed by atoms with Crippen LogP contribution < -0.4 is 5.32 Å². The van der Waals surface area contributed by atoms with Crippen molar-refractivity contribution in [1.29, 1.82) is 0 Å². The molecule has 0 amide bonds. The largest absolute Gasteiger partial charge is 0.395 e. The van der Waals surface area contributed by atoms with Gasteiger partial charge in [0.25, 0.3) is 0 Å². The number of nitrogens with one attached hydrogen (secondary N) is 1. The second kappa shape index (κ2) is 7.56. The molecule has 0 bridgehead atoms. The number of aliphatic hydroxyl groups is 1. The van der Waals surface area contributed by atoms with Gasteiger partial charge in [0.05, 0.1) is 16.7 Å². The smallest absolute Gasteiger partial charge is 0.0652 e. The summed E-state index contributed by atoms with van der Waals surface area (Å²) in [5.41, 5.74) is 0.771. The van der Waals surface area contributed by atoms with Crippen molar-refractivity contribution in [2.24, 2.45) is 5.92 Å². The molecule has 0 aliphatic rings. The van der Waals surface area contributed by atoms with Crippen molar-refractivity contribution in [1.82, 2.24) is 5.32 Å². The van der Waals surface area contributed by atoms with Gasteiger partial charge in [-0.05, 0) is 24.5 Å². The van der Waals surface area contributed by atoms with Crippen LogP contribution in [-0.4, -0.2) is 17.8 Å². The second-order valence-electron chi connectivity index (χ2n) is 4.71. The summed E-state index contributed by atoms with van der Waals surface area (Å²) >= 11 is 18.2. The fourth-order valence-electron chi connectivity index (χ4n) is 1.77. The standard InChI is InChI=1S/C13H18Cl3NO/c1-8(2)5-9(7-18)17-6-10-11(14)3-4-12(15)13(10)16/h3-4,8-9,17-18H,5-7H2,1-2H3. The van der Waals surface area contributed by atoms with Crippen LogP contribution >= 0.6 is 34.8 Å². The number of aliphatic hydroxyl groups excluding tert-OH is 1. The molecule has 102 valence electrons. The Labute approximate surface area is 123 Å². The third kappa shape index (κ3) is 4.60. The maximum absolute atomic E-state index is 9.29. The van der Waals surface area contributed by atoms with Gasteiger partial charge in [0, 0.05) is 23.2 Å². The second-order valence-corrected chi connectivity index (χ2v) is 5.90. The van der Waals surface area contributed by atoms with E-state index in [1.54, 1.807) is 12.1 Å². The summed E-state index contributed by atoms with van der Waals surface area (Å²) < 4.78 is 0. The van der Waals surface area contributed by atoms with Gasteiger partial charge in [-0.1, -0.05) is 48.7 Å². The molecule has 2 N–H and O–H groups in total. The summed E-state index contributed by atoms with van der Waals surface area (Å²) in [5, 5.41) is 14.1. The molecule has 1 aromatic carbocycles. The lowest BCUT2D eigenvalue weighted by molar-refractivity contribution is 0.223. The molecule has 0 saturated heterocycles. The highest BCUT2D eigenvalue weighted by Gasteiger charge is 2.13. The fraction of sp³-hybridized carbons (Fsp3) is 0.538. The van der Waals surface area contributed by atoms with Crippen molar-refractivity contribution >= 4 is 34.8 Å². The van der Waals surface area contributed by atoms with Crippen molar-refractivity contribution in [2.75, 3.05) is 6.61 Å². The molecule has 1 rings (SSSR count). The molecule has 5 heteroatoms. The van der Waals surface area contributed by atoms with Gasteiger partial charge in [-0.3, -0.25) is 0 Å². The number of halogens is 3. The van der Waals surface area contributed by atoms with Crippen molar-refractivity contribution in [3.8, 4) is 0 Å². The Bertz CT molecular complexity index is 396. The zero-order valence-corrected chi connectivity index (χ0v) is 12.8. The molecular formula is C13H18Cl3NO. The molecule has 0 aliphatic heterocycles. The van der Waals surface area contributed by atoms with Gasteiger partial charge in [-0.25, -0.2) is 0 Å². The summed E-state index contributed by atoms with van der Waals surface area (Å²) in [6.45, 7) is 4.82. The minimum atomic E-state index is 0.0381. The molecule has 2 nitrogen and oxygen atoms in total. The van der Waals surface area contributed by atoms with Crippen LogP contribution in [0.25, 0.3) is 0 Å². The fourth-order valence-corrected chi connectivity index (χ4v) is 2.45. The number of rotatable bonds is 6. The van der Waals surface area contributed by atoms with E-state index in [-0.39, 0.29) is 12.6 Å². The highest BCUT2D eigenvalue weighted by Crippen LogP contribution is 2.31. The predicted octanol–water partition coefficient (Wildman–Crippen LogP) is 4.14. The Hall–Kier alpha value is 0.01000. The first-order valence-corrected chi connectivity index (χ1v) is 7.05. The first-order valence-electron chi connectivity index (χ1n) is 5.92. The lowest BCUT2D eigenvalue weighted by Crippen LogP contribution is -2.33. The summed E-state index contributed by atoms with van der Waals surface area (Å²) in [6.07, 6.45) is 0.895. The first-order chi connectivity index (χ1) is 8.45. The Morgan fingerprint density at radius 2 is 1.78 bits per heavy atom. The van der Waals surface area contributed by atoms with Crippen LogP contribution in [0, 0.1) is 5.92 Å². The molecule has 0 radical (unpaired) electrons. The van der Waals surface area contributed by atoms with E-state index >= 15 is 0 Å². The molecule has 0 fully saturated rings. The van der Waals surface area contributed by atoms with Gasteiger partial charge >= 0.3 is 0 Å². The number of hydrogen-bond donors (Lipinski definition) is 2. The Kier molecular flexibility index (Phi) is 6.75. The molecule has 0 saturated carbocycles. The van der Waals surface area contributed by atoms with E-state index in [0.717, 1.165) is 12.0 Å². The zero-order chi connectivity index (χ0) is 13.7. The van der Waals surface area contributed by atoms with Crippen LogP contribution in [0.5, 0.6) is 0 Å². The molecule has 18 heavy (non-hydrogen) atoms. The van der Waals surface area contributed by atoms with E-state index in [4.69, 9.17) is 34.8 Å². The quantitative estimate of drug-likeness (QED) is 0.774. The van der Waals surface area contributed by atoms with Gasteiger partial charge < -0.3 is 10.4 Å². The number of benzene rings is 1.